The Kier molecular flexibility index (Phi) is 4.18. The van der Waals surface area contributed by atoms with Gasteiger partial charge in [0.1, 0.15) is 0 Å². The predicted octanol–water partition coefficient (Wildman–Crippen LogP) is 2.50. The van der Waals surface area contributed by atoms with Crippen molar-refractivity contribution in [3.63, 3.8) is 0 Å². The summed E-state index contributed by atoms with van der Waals surface area (Å²) < 4.78 is 5.02. The van der Waals surface area contributed by atoms with Crippen LogP contribution in [0.25, 0.3) is 0 Å². The number of nitrogens with zero attached hydrogens (tertiary/aromatic N) is 1. The van der Waals surface area contributed by atoms with E-state index in [4.69, 9.17) is 4.42 Å². The molecule has 1 saturated heterocycles. The Morgan fingerprint density at radius 3 is 2.94 bits per heavy atom. The van der Waals surface area contributed by atoms with Crippen molar-refractivity contribution in [1.82, 2.24) is 4.90 Å². The van der Waals surface area contributed by atoms with Crippen molar-refractivity contribution in [3.8, 4) is 0 Å². The minimum absolute atomic E-state index is 0.0847. The third-order valence-electron chi connectivity index (χ3n) is 3.37. The lowest BCUT2D eigenvalue weighted by atomic mass is 10.00. The number of carbonyl (C=O) groups is 2. The van der Waals surface area contributed by atoms with Gasteiger partial charge in [-0.1, -0.05) is 6.92 Å². The smallest absolute Gasteiger partial charge is 0.223 e. The third-order valence-corrected chi connectivity index (χ3v) is 3.37. The van der Waals surface area contributed by atoms with Crippen LogP contribution in [0.5, 0.6) is 0 Å². The molecule has 1 aliphatic heterocycles. The summed E-state index contributed by atoms with van der Waals surface area (Å²) in [4.78, 5) is 25.5. The molecule has 4 heteroatoms. The molecule has 2 rings (SSSR count). The zero-order valence-corrected chi connectivity index (χ0v) is 10.7. The molecule has 1 aromatic heterocycles. The van der Waals surface area contributed by atoms with Crippen LogP contribution in [0, 0.1) is 5.92 Å². The monoisotopic (exact) mass is 249 g/mol. The molecule has 1 fully saturated rings. The summed E-state index contributed by atoms with van der Waals surface area (Å²) in [6.07, 6.45) is 4.25. The zero-order chi connectivity index (χ0) is 13.0. The Morgan fingerprint density at radius 2 is 2.28 bits per heavy atom. The van der Waals surface area contributed by atoms with Gasteiger partial charge >= 0.3 is 0 Å². The molecule has 1 atom stereocenters. The molecular formula is C14H19NO3. The first-order valence-corrected chi connectivity index (χ1v) is 6.51. The van der Waals surface area contributed by atoms with Crippen LogP contribution in [0.15, 0.2) is 22.8 Å². The highest BCUT2D eigenvalue weighted by Crippen LogP contribution is 2.17. The van der Waals surface area contributed by atoms with Crippen molar-refractivity contribution < 1.29 is 14.0 Å². The summed E-state index contributed by atoms with van der Waals surface area (Å²) >= 11 is 0. The predicted molar refractivity (Wildman–Crippen MR) is 67.3 cm³/mol. The number of furan rings is 1. The second-order valence-corrected chi connectivity index (χ2v) is 4.99. The van der Waals surface area contributed by atoms with Crippen molar-refractivity contribution in [2.45, 2.75) is 32.6 Å². The zero-order valence-electron chi connectivity index (χ0n) is 10.7. The molecule has 0 bridgehead atoms. The van der Waals surface area contributed by atoms with E-state index in [-0.39, 0.29) is 24.5 Å². The average molecular weight is 249 g/mol. The van der Waals surface area contributed by atoms with E-state index >= 15 is 0 Å². The van der Waals surface area contributed by atoms with Crippen LogP contribution in [0.1, 0.15) is 43.2 Å². The fourth-order valence-electron chi connectivity index (χ4n) is 2.35. The summed E-state index contributed by atoms with van der Waals surface area (Å²) in [7, 11) is 0. The number of Topliss-reactive ketones (excluding diaryl/α,β-unsaturated/α-hetero) is 1. The van der Waals surface area contributed by atoms with E-state index in [1.54, 1.807) is 12.1 Å². The van der Waals surface area contributed by atoms with Crippen LogP contribution in [0.2, 0.25) is 0 Å². The third kappa shape index (κ3) is 3.22. The summed E-state index contributed by atoms with van der Waals surface area (Å²) in [5.74, 6) is 0.901. The van der Waals surface area contributed by atoms with Gasteiger partial charge in [-0.25, -0.2) is 0 Å². The van der Waals surface area contributed by atoms with Crippen LogP contribution in [-0.4, -0.2) is 29.7 Å². The average Bonchev–Trinajstić information content (AvgIpc) is 2.89. The van der Waals surface area contributed by atoms with E-state index in [2.05, 4.69) is 6.92 Å². The van der Waals surface area contributed by atoms with Crippen molar-refractivity contribution in [2.24, 2.45) is 5.92 Å². The fourth-order valence-corrected chi connectivity index (χ4v) is 2.35. The lowest BCUT2D eigenvalue weighted by Gasteiger charge is -2.30. The largest absolute Gasteiger partial charge is 0.461 e. The van der Waals surface area contributed by atoms with Crippen molar-refractivity contribution >= 4 is 11.7 Å². The van der Waals surface area contributed by atoms with Gasteiger partial charge in [-0.2, -0.15) is 0 Å². The molecule has 0 saturated carbocycles. The molecule has 0 N–H and O–H groups in total. The first kappa shape index (κ1) is 12.9. The van der Waals surface area contributed by atoms with Crippen LogP contribution < -0.4 is 0 Å². The topological polar surface area (TPSA) is 50.5 Å². The molecule has 1 aliphatic rings. The molecule has 18 heavy (non-hydrogen) atoms. The Labute approximate surface area is 107 Å². The lowest BCUT2D eigenvalue weighted by Crippen LogP contribution is -2.39. The number of rotatable bonds is 4. The van der Waals surface area contributed by atoms with Gasteiger partial charge in [-0.05, 0) is 30.9 Å². The Morgan fingerprint density at radius 1 is 1.44 bits per heavy atom. The van der Waals surface area contributed by atoms with Gasteiger partial charge in [-0.15, -0.1) is 0 Å². The van der Waals surface area contributed by atoms with Gasteiger partial charge in [0.2, 0.25) is 5.91 Å². The Balaban J connectivity index is 1.79. The Bertz CT molecular complexity index is 411. The van der Waals surface area contributed by atoms with E-state index < -0.39 is 0 Å². The SMILES string of the molecule is CC1CCCN(C(=O)CCC(=O)c2ccco2)C1. The van der Waals surface area contributed by atoms with E-state index in [1.807, 2.05) is 4.90 Å². The van der Waals surface area contributed by atoms with E-state index in [1.165, 1.54) is 12.7 Å². The number of amides is 1. The number of hydrogen-bond acceptors (Lipinski definition) is 3. The molecular weight excluding hydrogens is 230 g/mol. The van der Waals surface area contributed by atoms with Crippen LogP contribution >= 0.6 is 0 Å². The highest BCUT2D eigenvalue weighted by molar-refractivity contribution is 5.95. The van der Waals surface area contributed by atoms with E-state index in [9.17, 15) is 9.59 Å². The van der Waals surface area contributed by atoms with Crippen molar-refractivity contribution in [2.75, 3.05) is 13.1 Å². The molecule has 1 unspecified atom stereocenters. The van der Waals surface area contributed by atoms with Crippen LogP contribution in [-0.2, 0) is 4.79 Å². The summed E-state index contributed by atoms with van der Waals surface area (Å²) in [5.41, 5.74) is 0. The molecule has 0 aliphatic carbocycles. The molecule has 0 radical (unpaired) electrons. The van der Waals surface area contributed by atoms with Gasteiger partial charge < -0.3 is 9.32 Å². The maximum atomic E-state index is 12.0. The fraction of sp³-hybridized carbons (Fsp3) is 0.571. The molecule has 98 valence electrons. The van der Waals surface area contributed by atoms with E-state index in [0.29, 0.717) is 11.7 Å². The summed E-state index contributed by atoms with van der Waals surface area (Å²) in [6, 6.07) is 3.32. The van der Waals surface area contributed by atoms with Crippen LogP contribution in [0.3, 0.4) is 0 Å². The summed E-state index contributed by atoms with van der Waals surface area (Å²) in [5, 5.41) is 0. The molecule has 2 heterocycles. The molecule has 4 nitrogen and oxygen atoms in total. The second-order valence-electron chi connectivity index (χ2n) is 4.99. The standard InChI is InChI=1S/C14H19NO3/c1-11-4-2-8-15(10-11)14(17)7-6-12(16)13-5-3-9-18-13/h3,5,9,11H,2,4,6-8,10H2,1H3. The lowest BCUT2D eigenvalue weighted by molar-refractivity contribution is -0.132. The minimum atomic E-state index is -0.0987. The van der Waals surface area contributed by atoms with Gasteiger partial charge in [0, 0.05) is 25.9 Å². The molecule has 1 amide bonds. The first-order chi connectivity index (χ1) is 8.66. The summed E-state index contributed by atoms with van der Waals surface area (Å²) in [6.45, 7) is 3.82. The van der Waals surface area contributed by atoms with Gasteiger partial charge in [-0.3, -0.25) is 9.59 Å². The quantitative estimate of drug-likeness (QED) is 0.770. The Hall–Kier alpha value is -1.58. The number of carbonyl (C=O) groups excluding carboxylic acids is 2. The van der Waals surface area contributed by atoms with Gasteiger partial charge in [0.25, 0.3) is 0 Å². The normalized spacial score (nSPS) is 19.8. The minimum Gasteiger partial charge on any atom is -0.461 e. The molecule has 0 spiro atoms. The highest BCUT2D eigenvalue weighted by Gasteiger charge is 2.21. The maximum Gasteiger partial charge on any atom is 0.223 e. The number of likely N-dealkylation sites (tertiary alicyclic amines) is 1. The second kappa shape index (κ2) is 5.85. The van der Waals surface area contributed by atoms with Crippen molar-refractivity contribution in [3.05, 3.63) is 24.2 Å². The molecule has 0 aromatic carbocycles. The number of piperidine rings is 1. The number of ketones is 1. The van der Waals surface area contributed by atoms with Gasteiger partial charge in [0.05, 0.1) is 6.26 Å². The highest BCUT2D eigenvalue weighted by atomic mass is 16.3. The molecule has 1 aromatic rings. The van der Waals surface area contributed by atoms with Gasteiger partial charge in [0.15, 0.2) is 11.5 Å². The van der Waals surface area contributed by atoms with Crippen molar-refractivity contribution in [1.29, 1.82) is 0 Å². The maximum absolute atomic E-state index is 12.0. The number of hydrogen-bond donors (Lipinski definition) is 0. The van der Waals surface area contributed by atoms with E-state index in [0.717, 1.165) is 19.5 Å². The van der Waals surface area contributed by atoms with Crippen LogP contribution in [0.4, 0.5) is 0 Å². The first-order valence-electron chi connectivity index (χ1n) is 6.51.